The number of nitrogens with zero attached hydrogens (tertiary/aromatic N) is 1. The van der Waals surface area contributed by atoms with Gasteiger partial charge in [-0.1, -0.05) is 5.16 Å². The van der Waals surface area contributed by atoms with Crippen LogP contribution in [0.15, 0.2) is 22.7 Å². The number of anilines is 1. The molecule has 2 heterocycles. The quantitative estimate of drug-likeness (QED) is 0.798. The van der Waals surface area contributed by atoms with Crippen molar-refractivity contribution in [1.82, 2.24) is 5.16 Å². The van der Waals surface area contributed by atoms with Crippen LogP contribution in [0.2, 0.25) is 0 Å². The van der Waals surface area contributed by atoms with Gasteiger partial charge in [0.1, 0.15) is 11.6 Å². The van der Waals surface area contributed by atoms with Crippen LogP contribution in [-0.4, -0.2) is 11.8 Å². The van der Waals surface area contributed by atoms with Crippen LogP contribution < -0.4 is 10.5 Å². The maximum atomic E-state index is 13.7. The second-order valence-corrected chi connectivity index (χ2v) is 3.65. The average molecular weight is 220 g/mol. The number of nitrogen functional groups attached to an aromatic ring is 1. The number of benzene rings is 1. The molecule has 1 aromatic heterocycles. The van der Waals surface area contributed by atoms with E-state index in [4.69, 9.17) is 15.0 Å². The number of hydrogen-bond acceptors (Lipinski definition) is 4. The summed E-state index contributed by atoms with van der Waals surface area (Å²) in [7, 11) is 0. The third-order valence-electron chi connectivity index (χ3n) is 2.57. The Labute approximate surface area is 90.8 Å². The molecule has 0 spiro atoms. The zero-order valence-corrected chi connectivity index (χ0v) is 8.37. The lowest BCUT2D eigenvalue weighted by Gasteiger charge is -2.02. The fourth-order valence-electron chi connectivity index (χ4n) is 1.81. The summed E-state index contributed by atoms with van der Waals surface area (Å²) in [6, 6.07) is 4.59. The molecule has 0 bridgehead atoms. The van der Waals surface area contributed by atoms with Crippen LogP contribution in [0.1, 0.15) is 5.56 Å². The minimum absolute atomic E-state index is 0.242. The summed E-state index contributed by atoms with van der Waals surface area (Å²) in [4.78, 5) is 0. The molecule has 1 aliphatic rings. The van der Waals surface area contributed by atoms with Gasteiger partial charge in [-0.3, -0.25) is 0 Å². The molecule has 0 radical (unpaired) electrons. The Hall–Kier alpha value is -2.04. The highest BCUT2D eigenvalue weighted by Gasteiger charge is 2.18. The molecule has 0 saturated carbocycles. The van der Waals surface area contributed by atoms with E-state index in [9.17, 15) is 4.39 Å². The van der Waals surface area contributed by atoms with Crippen molar-refractivity contribution in [3.8, 4) is 17.1 Å². The van der Waals surface area contributed by atoms with Crippen LogP contribution in [0.4, 0.5) is 10.2 Å². The predicted octanol–water partition coefficient (Wildman–Crippen LogP) is 2.00. The maximum absolute atomic E-state index is 13.7. The zero-order chi connectivity index (χ0) is 11.1. The Morgan fingerprint density at radius 2 is 2.19 bits per heavy atom. The third kappa shape index (κ3) is 1.32. The lowest BCUT2D eigenvalue weighted by atomic mass is 10.1. The van der Waals surface area contributed by atoms with Gasteiger partial charge in [-0.25, -0.2) is 4.39 Å². The predicted molar refractivity (Wildman–Crippen MR) is 55.5 cm³/mol. The van der Waals surface area contributed by atoms with Crippen LogP contribution in [-0.2, 0) is 6.42 Å². The highest BCUT2D eigenvalue weighted by Crippen LogP contribution is 2.33. The Morgan fingerprint density at radius 3 is 2.94 bits per heavy atom. The van der Waals surface area contributed by atoms with Crippen LogP contribution in [0.3, 0.4) is 0 Å². The SMILES string of the molecule is Nc1cc(-c2cc3c(cc2F)OCC3)on1. The number of nitrogens with two attached hydrogens (primary N) is 1. The Balaban J connectivity index is 2.14. The largest absolute Gasteiger partial charge is 0.493 e. The Bertz CT molecular complexity index is 551. The van der Waals surface area contributed by atoms with Gasteiger partial charge in [0, 0.05) is 18.6 Å². The molecule has 5 heteroatoms. The molecule has 0 fully saturated rings. The second kappa shape index (κ2) is 3.23. The molecule has 2 aromatic rings. The molecule has 0 atom stereocenters. The first-order valence-electron chi connectivity index (χ1n) is 4.92. The molecule has 0 amide bonds. The summed E-state index contributed by atoms with van der Waals surface area (Å²) in [5.41, 5.74) is 6.77. The molecule has 3 rings (SSSR count). The molecule has 2 N–H and O–H groups in total. The fourth-order valence-corrected chi connectivity index (χ4v) is 1.81. The monoisotopic (exact) mass is 220 g/mol. The van der Waals surface area contributed by atoms with Gasteiger partial charge in [-0.2, -0.15) is 0 Å². The molecule has 0 saturated heterocycles. The van der Waals surface area contributed by atoms with Crippen molar-refractivity contribution < 1.29 is 13.7 Å². The van der Waals surface area contributed by atoms with E-state index in [0.717, 1.165) is 12.0 Å². The fraction of sp³-hybridized carbons (Fsp3) is 0.182. The summed E-state index contributed by atoms with van der Waals surface area (Å²) in [6.45, 7) is 0.594. The average Bonchev–Trinajstić information content (AvgIpc) is 2.84. The van der Waals surface area contributed by atoms with Crippen LogP contribution in [0.25, 0.3) is 11.3 Å². The summed E-state index contributed by atoms with van der Waals surface area (Å²) >= 11 is 0. The second-order valence-electron chi connectivity index (χ2n) is 3.65. The first kappa shape index (κ1) is 9.21. The Morgan fingerprint density at radius 1 is 1.31 bits per heavy atom. The summed E-state index contributed by atoms with van der Waals surface area (Å²) in [5, 5.41) is 3.53. The highest BCUT2D eigenvalue weighted by atomic mass is 19.1. The molecule has 0 unspecified atom stereocenters. The van der Waals surface area contributed by atoms with Crippen molar-refractivity contribution in [3.05, 3.63) is 29.6 Å². The van der Waals surface area contributed by atoms with Crippen molar-refractivity contribution in [2.75, 3.05) is 12.3 Å². The number of ether oxygens (including phenoxy) is 1. The number of fused-ring (bicyclic) bond motifs is 1. The minimum atomic E-state index is -0.392. The van der Waals surface area contributed by atoms with Gasteiger partial charge in [0.2, 0.25) is 0 Å². The van der Waals surface area contributed by atoms with Crippen molar-refractivity contribution >= 4 is 5.82 Å². The van der Waals surface area contributed by atoms with E-state index in [1.807, 2.05) is 0 Å². The summed E-state index contributed by atoms with van der Waals surface area (Å²) in [6.07, 6.45) is 0.784. The highest BCUT2D eigenvalue weighted by molar-refractivity contribution is 5.64. The van der Waals surface area contributed by atoms with Gasteiger partial charge >= 0.3 is 0 Å². The molecule has 82 valence electrons. The van der Waals surface area contributed by atoms with E-state index < -0.39 is 5.82 Å². The van der Waals surface area contributed by atoms with Crippen molar-refractivity contribution in [2.24, 2.45) is 0 Å². The first-order valence-corrected chi connectivity index (χ1v) is 4.92. The smallest absolute Gasteiger partial charge is 0.172 e. The Kier molecular flexibility index (Phi) is 1.86. The standard InChI is InChI=1S/C11H9FN2O2/c12-8-4-9-6(1-2-15-9)3-7(8)10-5-11(13)14-16-10/h3-5H,1-2H2,(H2,13,14). The zero-order valence-electron chi connectivity index (χ0n) is 8.37. The lowest BCUT2D eigenvalue weighted by molar-refractivity contribution is 0.355. The molecule has 16 heavy (non-hydrogen) atoms. The van der Waals surface area contributed by atoms with Gasteiger partial charge < -0.3 is 15.0 Å². The summed E-state index contributed by atoms with van der Waals surface area (Å²) < 4.78 is 23.9. The van der Waals surface area contributed by atoms with E-state index in [-0.39, 0.29) is 5.82 Å². The molecular weight excluding hydrogens is 211 g/mol. The maximum Gasteiger partial charge on any atom is 0.172 e. The number of hydrogen-bond donors (Lipinski definition) is 1. The van der Waals surface area contributed by atoms with Crippen molar-refractivity contribution in [1.29, 1.82) is 0 Å². The number of rotatable bonds is 1. The van der Waals surface area contributed by atoms with Crippen LogP contribution in [0.5, 0.6) is 5.75 Å². The van der Waals surface area contributed by atoms with E-state index in [0.29, 0.717) is 23.7 Å². The minimum Gasteiger partial charge on any atom is -0.493 e. The normalized spacial score (nSPS) is 13.6. The van der Waals surface area contributed by atoms with E-state index in [1.54, 1.807) is 6.07 Å². The van der Waals surface area contributed by atoms with Crippen LogP contribution >= 0.6 is 0 Å². The number of halogens is 1. The van der Waals surface area contributed by atoms with E-state index in [1.165, 1.54) is 12.1 Å². The van der Waals surface area contributed by atoms with E-state index >= 15 is 0 Å². The molecule has 0 aliphatic carbocycles. The molecule has 4 nitrogen and oxygen atoms in total. The molecule has 1 aliphatic heterocycles. The van der Waals surface area contributed by atoms with Crippen molar-refractivity contribution in [2.45, 2.75) is 6.42 Å². The van der Waals surface area contributed by atoms with Crippen molar-refractivity contribution in [3.63, 3.8) is 0 Å². The van der Waals surface area contributed by atoms with Crippen LogP contribution in [0, 0.1) is 5.82 Å². The van der Waals surface area contributed by atoms with Gasteiger partial charge in [0.15, 0.2) is 11.6 Å². The van der Waals surface area contributed by atoms with Gasteiger partial charge in [-0.15, -0.1) is 0 Å². The molecule has 1 aromatic carbocycles. The topological polar surface area (TPSA) is 61.3 Å². The first-order chi connectivity index (χ1) is 7.74. The number of aromatic nitrogens is 1. The van der Waals surface area contributed by atoms with E-state index in [2.05, 4.69) is 5.16 Å². The third-order valence-corrected chi connectivity index (χ3v) is 2.57. The van der Waals surface area contributed by atoms with Gasteiger partial charge in [0.25, 0.3) is 0 Å². The van der Waals surface area contributed by atoms with Gasteiger partial charge in [0.05, 0.1) is 12.2 Å². The van der Waals surface area contributed by atoms with Gasteiger partial charge in [-0.05, 0) is 11.6 Å². The lowest BCUT2D eigenvalue weighted by Crippen LogP contribution is -1.87. The molecular formula is C11H9FN2O2. The summed E-state index contributed by atoms with van der Waals surface area (Å²) in [5.74, 6) is 0.793.